The number of methoxy groups -OCH3 is 1. The molecule has 2 heterocycles. The van der Waals surface area contributed by atoms with Gasteiger partial charge in [-0.1, -0.05) is 26.0 Å². The first-order valence-electron chi connectivity index (χ1n) is 12.6. The Bertz CT molecular complexity index is 1150. The number of benzene rings is 2. The molecule has 2 atom stereocenters. The molecular formula is C29H35NO6. The van der Waals surface area contributed by atoms with Gasteiger partial charge in [-0.3, -0.25) is 9.59 Å². The molecule has 1 amide bonds. The third kappa shape index (κ3) is 5.41. The van der Waals surface area contributed by atoms with E-state index in [0.29, 0.717) is 49.0 Å². The van der Waals surface area contributed by atoms with Crippen LogP contribution >= 0.6 is 0 Å². The van der Waals surface area contributed by atoms with Gasteiger partial charge in [-0.2, -0.15) is 0 Å². The molecule has 2 aromatic rings. The molecule has 1 fully saturated rings. The number of carbonyl (C=O) groups excluding carboxylic acids is 2. The number of fused-ring (bicyclic) bond motifs is 1. The average molecular weight is 494 g/mol. The van der Waals surface area contributed by atoms with E-state index in [0.717, 1.165) is 24.2 Å². The molecule has 192 valence electrons. The molecule has 2 aromatic carbocycles. The van der Waals surface area contributed by atoms with Crippen molar-refractivity contribution in [3.63, 3.8) is 0 Å². The average Bonchev–Trinajstić information content (AvgIpc) is 3.34. The Labute approximate surface area is 212 Å². The molecule has 0 aromatic heterocycles. The van der Waals surface area contributed by atoms with Gasteiger partial charge in [0.15, 0.2) is 0 Å². The van der Waals surface area contributed by atoms with Crippen LogP contribution in [-0.4, -0.2) is 54.7 Å². The van der Waals surface area contributed by atoms with E-state index in [2.05, 4.69) is 13.8 Å². The fraction of sp³-hybridized carbons (Fsp3) is 0.448. The van der Waals surface area contributed by atoms with Crippen molar-refractivity contribution in [2.45, 2.75) is 52.2 Å². The van der Waals surface area contributed by atoms with E-state index in [-0.39, 0.29) is 17.4 Å². The van der Waals surface area contributed by atoms with Gasteiger partial charge in [-0.15, -0.1) is 0 Å². The summed E-state index contributed by atoms with van der Waals surface area (Å²) in [6.07, 6.45) is 2.27. The highest BCUT2D eigenvalue weighted by molar-refractivity contribution is 6.46. The first kappa shape index (κ1) is 25.8. The standard InChI is InChI=1S/C29H35NO6/c1-18(2)11-14-35-23-8-5-7-20(17-23)26-25(28(32)29(33)30(26)12-6-13-34-4)27(31)21-9-10-24-22(16-21)15-19(3)36-24/h5,7-10,16-19,26,31H,6,11-15H2,1-4H3/t19-,26+/m0/s1. The summed E-state index contributed by atoms with van der Waals surface area (Å²) in [5.74, 6) is 0.469. The van der Waals surface area contributed by atoms with Gasteiger partial charge in [-0.25, -0.2) is 0 Å². The molecule has 0 radical (unpaired) electrons. The fourth-order valence-electron chi connectivity index (χ4n) is 4.75. The number of aliphatic hydroxyl groups is 1. The van der Waals surface area contributed by atoms with E-state index in [9.17, 15) is 14.7 Å². The van der Waals surface area contributed by atoms with Crippen molar-refractivity contribution in [3.05, 3.63) is 64.7 Å². The van der Waals surface area contributed by atoms with Gasteiger partial charge in [0.1, 0.15) is 23.4 Å². The molecule has 0 aliphatic carbocycles. The smallest absolute Gasteiger partial charge is 0.295 e. The Hall–Kier alpha value is -3.32. The number of Topliss-reactive ketones (excluding diaryl/α,β-unsaturated/α-hetero) is 1. The van der Waals surface area contributed by atoms with Crippen molar-refractivity contribution >= 4 is 17.4 Å². The minimum atomic E-state index is -0.723. The third-order valence-electron chi connectivity index (χ3n) is 6.59. The van der Waals surface area contributed by atoms with E-state index in [1.54, 1.807) is 19.2 Å². The molecule has 0 unspecified atom stereocenters. The molecule has 7 heteroatoms. The molecule has 0 spiro atoms. The van der Waals surface area contributed by atoms with Crippen LogP contribution in [0.2, 0.25) is 0 Å². The van der Waals surface area contributed by atoms with Gasteiger partial charge in [0.2, 0.25) is 0 Å². The number of ketones is 1. The van der Waals surface area contributed by atoms with Crippen molar-refractivity contribution in [2.75, 3.05) is 26.9 Å². The maximum atomic E-state index is 13.3. The second-order valence-electron chi connectivity index (χ2n) is 9.90. The first-order chi connectivity index (χ1) is 17.3. The van der Waals surface area contributed by atoms with Gasteiger partial charge in [0.25, 0.3) is 11.7 Å². The Morgan fingerprint density at radius 1 is 1.17 bits per heavy atom. The number of hydrogen-bond donors (Lipinski definition) is 1. The molecule has 4 rings (SSSR count). The van der Waals surface area contributed by atoms with E-state index in [4.69, 9.17) is 14.2 Å². The molecule has 2 aliphatic rings. The SMILES string of the molecule is COCCCN1C(=O)C(=O)C(=C(O)c2ccc3c(c2)C[C@H](C)O3)[C@H]1c1cccc(OCCC(C)C)c1. The number of nitrogens with zero attached hydrogens (tertiary/aromatic N) is 1. The van der Waals surface area contributed by atoms with Crippen LogP contribution < -0.4 is 9.47 Å². The summed E-state index contributed by atoms with van der Waals surface area (Å²) in [6, 6.07) is 12.1. The Balaban J connectivity index is 1.74. The number of aliphatic hydroxyl groups excluding tert-OH is 1. The lowest BCUT2D eigenvalue weighted by atomic mass is 9.94. The van der Waals surface area contributed by atoms with Crippen LogP contribution in [0.5, 0.6) is 11.5 Å². The molecule has 0 saturated carbocycles. The van der Waals surface area contributed by atoms with Gasteiger partial charge in [-0.05, 0) is 67.1 Å². The molecule has 36 heavy (non-hydrogen) atoms. The van der Waals surface area contributed by atoms with E-state index >= 15 is 0 Å². The highest BCUT2D eigenvalue weighted by Gasteiger charge is 2.46. The Kier molecular flexibility index (Phi) is 7.99. The highest BCUT2D eigenvalue weighted by Crippen LogP contribution is 2.41. The predicted molar refractivity (Wildman–Crippen MR) is 137 cm³/mol. The summed E-state index contributed by atoms with van der Waals surface area (Å²) in [6.45, 7) is 7.62. The van der Waals surface area contributed by atoms with Crippen molar-refractivity contribution < 1.29 is 28.9 Å². The fourth-order valence-corrected chi connectivity index (χ4v) is 4.75. The van der Waals surface area contributed by atoms with Crippen molar-refractivity contribution in [1.82, 2.24) is 4.90 Å². The quantitative estimate of drug-likeness (QED) is 0.219. The number of rotatable bonds is 10. The lowest BCUT2D eigenvalue weighted by molar-refractivity contribution is -0.140. The zero-order valence-corrected chi connectivity index (χ0v) is 21.5. The lowest BCUT2D eigenvalue weighted by Gasteiger charge is -2.25. The normalized spacial score (nSPS) is 20.6. The summed E-state index contributed by atoms with van der Waals surface area (Å²) in [7, 11) is 1.60. The molecule has 0 bridgehead atoms. The highest BCUT2D eigenvalue weighted by atomic mass is 16.5. The summed E-state index contributed by atoms with van der Waals surface area (Å²) >= 11 is 0. The van der Waals surface area contributed by atoms with E-state index < -0.39 is 17.7 Å². The number of amides is 1. The van der Waals surface area contributed by atoms with Crippen LogP contribution in [0, 0.1) is 5.92 Å². The molecule has 1 N–H and O–H groups in total. The zero-order valence-electron chi connectivity index (χ0n) is 21.5. The summed E-state index contributed by atoms with van der Waals surface area (Å²) in [4.78, 5) is 27.9. The summed E-state index contributed by atoms with van der Waals surface area (Å²) in [5, 5.41) is 11.4. The van der Waals surface area contributed by atoms with Crippen LogP contribution in [0.25, 0.3) is 5.76 Å². The number of likely N-dealkylation sites (tertiary alicyclic amines) is 1. The van der Waals surface area contributed by atoms with Crippen molar-refractivity contribution in [2.24, 2.45) is 5.92 Å². The van der Waals surface area contributed by atoms with Gasteiger partial charge < -0.3 is 24.2 Å². The van der Waals surface area contributed by atoms with E-state index in [1.165, 1.54) is 4.90 Å². The third-order valence-corrected chi connectivity index (χ3v) is 6.59. The summed E-state index contributed by atoms with van der Waals surface area (Å²) < 4.78 is 16.9. The maximum Gasteiger partial charge on any atom is 0.295 e. The van der Waals surface area contributed by atoms with Gasteiger partial charge in [0, 0.05) is 32.2 Å². The molecular weight excluding hydrogens is 458 g/mol. The van der Waals surface area contributed by atoms with Crippen molar-refractivity contribution in [3.8, 4) is 11.5 Å². The van der Waals surface area contributed by atoms with Crippen molar-refractivity contribution in [1.29, 1.82) is 0 Å². The summed E-state index contributed by atoms with van der Waals surface area (Å²) in [5.41, 5.74) is 2.27. The number of carbonyl (C=O) groups is 2. The van der Waals surface area contributed by atoms with Crippen LogP contribution in [0.4, 0.5) is 0 Å². The number of ether oxygens (including phenoxy) is 3. The number of hydrogen-bond acceptors (Lipinski definition) is 6. The van der Waals surface area contributed by atoms with Crippen LogP contribution in [0.3, 0.4) is 0 Å². The Morgan fingerprint density at radius 2 is 1.97 bits per heavy atom. The minimum absolute atomic E-state index is 0.0576. The van der Waals surface area contributed by atoms with Crippen LogP contribution in [0.15, 0.2) is 48.0 Å². The topological polar surface area (TPSA) is 85.3 Å². The molecule has 1 saturated heterocycles. The second kappa shape index (κ2) is 11.2. The first-order valence-corrected chi connectivity index (χ1v) is 12.6. The maximum absolute atomic E-state index is 13.3. The van der Waals surface area contributed by atoms with Crippen LogP contribution in [0.1, 0.15) is 56.3 Å². The van der Waals surface area contributed by atoms with Crippen LogP contribution in [-0.2, 0) is 20.7 Å². The molecule has 7 nitrogen and oxygen atoms in total. The zero-order chi connectivity index (χ0) is 25.8. The lowest BCUT2D eigenvalue weighted by Crippen LogP contribution is -2.31. The monoisotopic (exact) mass is 493 g/mol. The minimum Gasteiger partial charge on any atom is -0.507 e. The van der Waals surface area contributed by atoms with Gasteiger partial charge >= 0.3 is 0 Å². The Morgan fingerprint density at radius 3 is 2.72 bits per heavy atom. The molecule has 2 aliphatic heterocycles. The van der Waals surface area contributed by atoms with Gasteiger partial charge in [0.05, 0.1) is 18.2 Å². The largest absolute Gasteiger partial charge is 0.507 e. The second-order valence-corrected chi connectivity index (χ2v) is 9.90. The predicted octanol–water partition coefficient (Wildman–Crippen LogP) is 4.89. The van der Waals surface area contributed by atoms with E-state index in [1.807, 2.05) is 37.3 Å².